The van der Waals surface area contributed by atoms with Crippen LogP contribution in [-0.2, 0) is 11.3 Å². The molecule has 4 heteroatoms. The maximum absolute atomic E-state index is 12.5. The third-order valence-electron chi connectivity index (χ3n) is 1.27. The maximum Gasteiger partial charge on any atom is 0.404 e. The predicted molar refractivity (Wildman–Crippen MR) is 40.8 cm³/mol. The van der Waals surface area contributed by atoms with Crippen LogP contribution in [0.4, 0.5) is 9.18 Å². The van der Waals surface area contributed by atoms with Gasteiger partial charge >= 0.3 is 6.09 Å². The summed E-state index contributed by atoms with van der Waals surface area (Å²) in [6.07, 6.45) is -0.862. The second-order valence-corrected chi connectivity index (χ2v) is 2.24. The van der Waals surface area contributed by atoms with E-state index >= 15 is 0 Å². The molecule has 0 aliphatic rings. The quantitative estimate of drug-likeness (QED) is 0.727. The van der Waals surface area contributed by atoms with Crippen molar-refractivity contribution >= 4 is 6.09 Å². The summed E-state index contributed by atoms with van der Waals surface area (Å²) >= 11 is 0. The summed E-state index contributed by atoms with van der Waals surface area (Å²) < 4.78 is 17.0. The lowest BCUT2D eigenvalue weighted by molar-refractivity contribution is 0.150. The van der Waals surface area contributed by atoms with E-state index in [9.17, 15) is 9.18 Å². The Bertz CT molecular complexity index is 288. The Hall–Kier alpha value is -1.58. The van der Waals surface area contributed by atoms with Gasteiger partial charge < -0.3 is 10.5 Å². The fourth-order valence-electron chi connectivity index (χ4n) is 0.781. The van der Waals surface area contributed by atoms with E-state index in [-0.39, 0.29) is 12.4 Å². The summed E-state index contributed by atoms with van der Waals surface area (Å²) in [5.41, 5.74) is 5.30. The minimum absolute atomic E-state index is 0.00704. The van der Waals surface area contributed by atoms with E-state index < -0.39 is 6.09 Å². The lowest BCUT2D eigenvalue weighted by Gasteiger charge is -2.00. The number of primary amides is 1. The van der Waals surface area contributed by atoms with Crippen LogP contribution < -0.4 is 5.73 Å². The van der Waals surface area contributed by atoms with E-state index in [0.29, 0.717) is 5.56 Å². The first kappa shape index (κ1) is 8.52. The molecule has 0 saturated heterocycles. The predicted octanol–water partition coefficient (Wildman–Crippen LogP) is 1.42. The molecule has 2 N–H and O–H groups in total. The molecule has 0 heterocycles. The summed E-state index contributed by atoms with van der Waals surface area (Å²) in [5, 5.41) is 0. The summed E-state index contributed by atoms with van der Waals surface area (Å²) in [4.78, 5) is 10.2. The molecule has 0 aromatic heterocycles. The van der Waals surface area contributed by atoms with Gasteiger partial charge in [0.05, 0.1) is 0 Å². The van der Waals surface area contributed by atoms with E-state index in [0.717, 1.165) is 0 Å². The molecule has 0 radical (unpaired) electrons. The van der Waals surface area contributed by atoms with E-state index in [1.807, 2.05) is 0 Å². The SMILES string of the molecule is NC(=O)OCc1cccc(F)c1. The van der Waals surface area contributed by atoms with Crippen LogP contribution in [0.2, 0.25) is 0 Å². The summed E-state index contributed by atoms with van der Waals surface area (Å²) in [5.74, 6) is -0.361. The number of amides is 1. The highest BCUT2D eigenvalue weighted by Crippen LogP contribution is 2.04. The monoisotopic (exact) mass is 169 g/mol. The Balaban J connectivity index is 2.57. The Kier molecular flexibility index (Phi) is 2.63. The van der Waals surface area contributed by atoms with Crippen molar-refractivity contribution in [2.75, 3.05) is 0 Å². The average Bonchev–Trinajstić information content (AvgIpc) is 2.01. The molecule has 0 bridgehead atoms. The summed E-state index contributed by atoms with van der Waals surface area (Å²) in [6.45, 7) is 0.00704. The molecule has 0 unspecified atom stereocenters. The standard InChI is InChI=1S/C8H8FNO2/c9-7-3-1-2-6(4-7)5-12-8(10)11/h1-4H,5H2,(H2,10,11). The van der Waals surface area contributed by atoms with Crippen molar-refractivity contribution in [2.24, 2.45) is 5.73 Å². The fourth-order valence-corrected chi connectivity index (χ4v) is 0.781. The first-order valence-corrected chi connectivity index (χ1v) is 3.35. The topological polar surface area (TPSA) is 52.3 Å². The number of benzene rings is 1. The number of hydrogen-bond acceptors (Lipinski definition) is 2. The van der Waals surface area contributed by atoms with Crippen molar-refractivity contribution in [1.82, 2.24) is 0 Å². The third-order valence-corrected chi connectivity index (χ3v) is 1.27. The molecule has 1 amide bonds. The first-order chi connectivity index (χ1) is 5.68. The van der Waals surface area contributed by atoms with Crippen LogP contribution in [-0.4, -0.2) is 6.09 Å². The molecule has 0 spiro atoms. The van der Waals surface area contributed by atoms with Crippen molar-refractivity contribution in [2.45, 2.75) is 6.61 Å². The normalized spacial score (nSPS) is 9.42. The number of nitrogens with two attached hydrogens (primary N) is 1. The van der Waals surface area contributed by atoms with Gasteiger partial charge in [-0.05, 0) is 17.7 Å². The minimum Gasteiger partial charge on any atom is -0.445 e. The van der Waals surface area contributed by atoms with Crippen LogP contribution in [0.15, 0.2) is 24.3 Å². The molecule has 0 aliphatic carbocycles. The summed E-state index contributed by atoms with van der Waals surface area (Å²) in [7, 11) is 0. The van der Waals surface area contributed by atoms with Crippen LogP contribution in [0.3, 0.4) is 0 Å². The molecule has 3 nitrogen and oxygen atoms in total. The molecular formula is C8H8FNO2. The van der Waals surface area contributed by atoms with E-state index in [2.05, 4.69) is 4.74 Å². The molecule has 0 atom stereocenters. The highest BCUT2D eigenvalue weighted by molar-refractivity contribution is 5.64. The molecule has 0 fully saturated rings. The van der Waals surface area contributed by atoms with Crippen LogP contribution in [0.5, 0.6) is 0 Å². The van der Waals surface area contributed by atoms with Crippen molar-refractivity contribution in [3.05, 3.63) is 35.6 Å². The first-order valence-electron chi connectivity index (χ1n) is 3.35. The van der Waals surface area contributed by atoms with Crippen LogP contribution >= 0.6 is 0 Å². The Morgan fingerprint density at radius 2 is 2.33 bits per heavy atom. The second kappa shape index (κ2) is 3.71. The zero-order chi connectivity index (χ0) is 8.97. The van der Waals surface area contributed by atoms with Crippen LogP contribution in [0.1, 0.15) is 5.56 Å². The maximum atomic E-state index is 12.5. The zero-order valence-corrected chi connectivity index (χ0v) is 6.29. The lowest BCUT2D eigenvalue weighted by atomic mass is 10.2. The molecule has 1 aromatic rings. The minimum atomic E-state index is -0.862. The van der Waals surface area contributed by atoms with Crippen molar-refractivity contribution in [3.63, 3.8) is 0 Å². The third kappa shape index (κ3) is 2.57. The molecule has 64 valence electrons. The Labute approximate surface area is 68.9 Å². The van der Waals surface area contributed by atoms with E-state index in [1.54, 1.807) is 6.07 Å². The molecule has 12 heavy (non-hydrogen) atoms. The number of rotatable bonds is 2. The smallest absolute Gasteiger partial charge is 0.404 e. The average molecular weight is 169 g/mol. The zero-order valence-electron chi connectivity index (χ0n) is 6.29. The van der Waals surface area contributed by atoms with Gasteiger partial charge in [0, 0.05) is 0 Å². The largest absolute Gasteiger partial charge is 0.445 e. The van der Waals surface area contributed by atoms with Gasteiger partial charge in [-0.15, -0.1) is 0 Å². The van der Waals surface area contributed by atoms with Crippen LogP contribution in [0, 0.1) is 5.82 Å². The molecule has 1 aromatic carbocycles. The number of hydrogen-bond donors (Lipinski definition) is 1. The van der Waals surface area contributed by atoms with Crippen molar-refractivity contribution in [3.8, 4) is 0 Å². The Morgan fingerprint density at radius 1 is 1.58 bits per heavy atom. The lowest BCUT2D eigenvalue weighted by Crippen LogP contribution is -2.12. The molecule has 0 aliphatic heterocycles. The van der Waals surface area contributed by atoms with Gasteiger partial charge in [0.15, 0.2) is 0 Å². The highest BCUT2D eigenvalue weighted by atomic mass is 19.1. The van der Waals surface area contributed by atoms with Gasteiger partial charge in [0.1, 0.15) is 12.4 Å². The Morgan fingerprint density at radius 3 is 2.92 bits per heavy atom. The van der Waals surface area contributed by atoms with Crippen molar-refractivity contribution in [1.29, 1.82) is 0 Å². The van der Waals surface area contributed by atoms with Gasteiger partial charge in [-0.1, -0.05) is 12.1 Å². The van der Waals surface area contributed by atoms with Gasteiger partial charge in [-0.2, -0.15) is 0 Å². The van der Waals surface area contributed by atoms with Gasteiger partial charge in [-0.3, -0.25) is 0 Å². The van der Waals surface area contributed by atoms with Gasteiger partial charge in [0.2, 0.25) is 0 Å². The van der Waals surface area contributed by atoms with E-state index in [1.165, 1.54) is 18.2 Å². The van der Waals surface area contributed by atoms with Gasteiger partial charge in [0.25, 0.3) is 0 Å². The number of carbonyl (C=O) groups excluding carboxylic acids is 1. The number of carbonyl (C=O) groups is 1. The summed E-state index contributed by atoms with van der Waals surface area (Å²) in [6, 6.07) is 5.78. The highest BCUT2D eigenvalue weighted by Gasteiger charge is 1.97. The van der Waals surface area contributed by atoms with E-state index in [4.69, 9.17) is 5.73 Å². The van der Waals surface area contributed by atoms with Crippen molar-refractivity contribution < 1.29 is 13.9 Å². The molecule has 0 saturated carbocycles. The number of halogens is 1. The molecule has 1 rings (SSSR count). The number of ether oxygens (including phenoxy) is 1. The molecular weight excluding hydrogens is 161 g/mol. The fraction of sp³-hybridized carbons (Fsp3) is 0.125. The van der Waals surface area contributed by atoms with Crippen LogP contribution in [0.25, 0.3) is 0 Å². The second-order valence-electron chi connectivity index (χ2n) is 2.24. The van der Waals surface area contributed by atoms with Gasteiger partial charge in [-0.25, -0.2) is 9.18 Å².